The van der Waals surface area contributed by atoms with Gasteiger partial charge in [0.1, 0.15) is 5.75 Å². The fourth-order valence-corrected chi connectivity index (χ4v) is 2.97. The molecule has 0 bridgehead atoms. The van der Waals surface area contributed by atoms with Crippen molar-refractivity contribution >= 4 is 11.3 Å². The number of aliphatic hydroxyl groups is 1. The minimum Gasteiger partial charge on any atom is -0.435 e. The zero-order chi connectivity index (χ0) is 16.1. The number of hydrogen-bond donors (Lipinski definition) is 2. The Labute approximate surface area is 132 Å². The van der Waals surface area contributed by atoms with Crippen LogP contribution < -0.4 is 10.1 Å². The van der Waals surface area contributed by atoms with Crippen molar-refractivity contribution in [1.82, 2.24) is 5.32 Å². The summed E-state index contributed by atoms with van der Waals surface area (Å²) in [6.07, 6.45) is -0.705. The van der Waals surface area contributed by atoms with Crippen LogP contribution in [0.2, 0.25) is 0 Å². The van der Waals surface area contributed by atoms with Gasteiger partial charge in [-0.1, -0.05) is 12.1 Å². The van der Waals surface area contributed by atoms with Crippen LogP contribution in [-0.4, -0.2) is 18.3 Å². The van der Waals surface area contributed by atoms with Crippen LogP contribution in [0.25, 0.3) is 0 Å². The maximum Gasteiger partial charge on any atom is 0.387 e. The number of nitrogens with one attached hydrogen (secondary N) is 1. The van der Waals surface area contributed by atoms with E-state index in [1.165, 1.54) is 21.9 Å². The topological polar surface area (TPSA) is 41.5 Å². The van der Waals surface area contributed by atoms with E-state index in [9.17, 15) is 13.9 Å². The number of ether oxygens (including phenoxy) is 1. The number of benzene rings is 1. The van der Waals surface area contributed by atoms with Gasteiger partial charge < -0.3 is 15.2 Å². The molecule has 120 valence electrons. The van der Waals surface area contributed by atoms with Crippen molar-refractivity contribution in [2.45, 2.75) is 32.6 Å². The second-order valence-corrected chi connectivity index (χ2v) is 6.36. The molecule has 0 saturated carbocycles. The predicted molar refractivity (Wildman–Crippen MR) is 83.5 cm³/mol. The van der Waals surface area contributed by atoms with Crippen LogP contribution in [0.5, 0.6) is 5.75 Å². The second kappa shape index (κ2) is 7.67. The third-order valence-electron chi connectivity index (χ3n) is 3.30. The van der Waals surface area contributed by atoms with Gasteiger partial charge in [0.05, 0.1) is 6.10 Å². The molecule has 0 amide bonds. The van der Waals surface area contributed by atoms with Gasteiger partial charge in [-0.3, -0.25) is 0 Å². The highest BCUT2D eigenvalue weighted by Crippen LogP contribution is 2.23. The summed E-state index contributed by atoms with van der Waals surface area (Å²) in [5.41, 5.74) is 0.656. The highest BCUT2D eigenvalue weighted by molar-refractivity contribution is 7.12. The van der Waals surface area contributed by atoms with Crippen LogP contribution >= 0.6 is 11.3 Å². The zero-order valence-corrected chi connectivity index (χ0v) is 13.2. The highest BCUT2D eigenvalue weighted by Gasteiger charge is 2.12. The molecule has 0 aliphatic rings. The van der Waals surface area contributed by atoms with Crippen LogP contribution in [0, 0.1) is 6.92 Å². The van der Waals surface area contributed by atoms with E-state index in [0.717, 1.165) is 0 Å². The first-order valence-electron chi connectivity index (χ1n) is 6.98. The van der Waals surface area contributed by atoms with Crippen molar-refractivity contribution < 1.29 is 18.6 Å². The Morgan fingerprint density at radius 3 is 2.41 bits per heavy atom. The van der Waals surface area contributed by atoms with E-state index in [2.05, 4.69) is 29.1 Å². The Balaban J connectivity index is 1.87. The molecule has 2 atom stereocenters. The van der Waals surface area contributed by atoms with Gasteiger partial charge in [0.15, 0.2) is 0 Å². The van der Waals surface area contributed by atoms with Crippen molar-refractivity contribution in [3.05, 3.63) is 51.7 Å². The quantitative estimate of drug-likeness (QED) is 0.806. The van der Waals surface area contributed by atoms with Gasteiger partial charge in [-0.15, -0.1) is 11.3 Å². The van der Waals surface area contributed by atoms with Crippen LogP contribution in [0.3, 0.4) is 0 Å². The lowest BCUT2D eigenvalue weighted by Gasteiger charge is -2.17. The Morgan fingerprint density at radius 1 is 1.18 bits per heavy atom. The van der Waals surface area contributed by atoms with Gasteiger partial charge in [0.25, 0.3) is 0 Å². The average molecular weight is 327 g/mol. The van der Waals surface area contributed by atoms with E-state index in [1.807, 2.05) is 6.92 Å². The van der Waals surface area contributed by atoms with E-state index >= 15 is 0 Å². The minimum atomic E-state index is -2.84. The van der Waals surface area contributed by atoms with Crippen LogP contribution in [-0.2, 0) is 0 Å². The van der Waals surface area contributed by atoms with Gasteiger partial charge in [-0.25, -0.2) is 0 Å². The van der Waals surface area contributed by atoms with Gasteiger partial charge >= 0.3 is 6.61 Å². The third-order valence-corrected chi connectivity index (χ3v) is 4.48. The number of alkyl halides is 2. The first kappa shape index (κ1) is 16.9. The molecular formula is C16H19F2NO2S. The average Bonchev–Trinajstić information content (AvgIpc) is 2.91. The van der Waals surface area contributed by atoms with Crippen molar-refractivity contribution in [3.63, 3.8) is 0 Å². The monoisotopic (exact) mass is 327 g/mol. The smallest absolute Gasteiger partial charge is 0.387 e. The maximum absolute atomic E-state index is 12.1. The van der Waals surface area contributed by atoms with Crippen LogP contribution in [0.15, 0.2) is 36.4 Å². The number of rotatable bonds is 7. The predicted octanol–water partition coefficient (Wildman–Crippen LogP) is 4.04. The van der Waals surface area contributed by atoms with Gasteiger partial charge in [-0.2, -0.15) is 8.78 Å². The Kier molecular flexibility index (Phi) is 5.88. The first-order chi connectivity index (χ1) is 10.5. The first-order valence-corrected chi connectivity index (χ1v) is 7.80. The summed E-state index contributed by atoms with van der Waals surface area (Å²) in [5.74, 6) is 0.0846. The summed E-state index contributed by atoms with van der Waals surface area (Å²) >= 11 is 1.72. The normalized spacial score (nSPS) is 14.1. The Morgan fingerprint density at radius 2 is 1.86 bits per heavy atom. The molecular weight excluding hydrogens is 308 g/mol. The zero-order valence-electron chi connectivity index (χ0n) is 12.4. The molecule has 2 unspecified atom stereocenters. The molecule has 1 aromatic heterocycles. The molecule has 2 N–H and O–H groups in total. The number of aryl methyl sites for hydroxylation is 1. The molecule has 0 aliphatic heterocycles. The second-order valence-electron chi connectivity index (χ2n) is 5.04. The lowest BCUT2D eigenvalue weighted by Crippen LogP contribution is -2.24. The standard InChI is InChI=1S/C16H19F2NO2S/c1-10-3-8-15(22-10)11(2)19-9-14(20)12-4-6-13(7-5-12)21-16(17)18/h3-8,11,14,16,19-20H,9H2,1-2H3. The molecule has 22 heavy (non-hydrogen) atoms. The van der Waals surface area contributed by atoms with Gasteiger partial charge in [-0.05, 0) is 43.7 Å². The summed E-state index contributed by atoms with van der Waals surface area (Å²) in [4.78, 5) is 2.46. The van der Waals surface area contributed by atoms with Crippen molar-refractivity contribution in [1.29, 1.82) is 0 Å². The molecule has 1 aromatic carbocycles. The SMILES string of the molecule is Cc1ccc(C(C)NCC(O)c2ccc(OC(F)F)cc2)s1. The van der Waals surface area contributed by atoms with E-state index in [0.29, 0.717) is 12.1 Å². The largest absolute Gasteiger partial charge is 0.435 e. The lowest BCUT2D eigenvalue weighted by atomic mass is 10.1. The summed E-state index contributed by atoms with van der Waals surface area (Å²) < 4.78 is 28.4. The molecule has 2 rings (SSSR count). The molecule has 6 heteroatoms. The molecule has 2 aromatic rings. The number of aliphatic hydroxyl groups excluding tert-OH is 1. The summed E-state index contributed by atoms with van der Waals surface area (Å²) in [6.45, 7) is 1.64. The molecule has 3 nitrogen and oxygen atoms in total. The fourth-order valence-electron chi connectivity index (χ4n) is 2.06. The van der Waals surface area contributed by atoms with Crippen molar-refractivity contribution in [2.75, 3.05) is 6.54 Å². The summed E-state index contributed by atoms with van der Waals surface area (Å²) in [7, 11) is 0. The van der Waals surface area contributed by atoms with Crippen LogP contribution in [0.1, 0.15) is 34.4 Å². The number of halogens is 2. The minimum absolute atomic E-state index is 0.0846. The molecule has 0 fully saturated rings. The lowest BCUT2D eigenvalue weighted by molar-refractivity contribution is -0.0498. The summed E-state index contributed by atoms with van der Waals surface area (Å²) in [5, 5.41) is 13.4. The van der Waals surface area contributed by atoms with Crippen molar-refractivity contribution in [3.8, 4) is 5.75 Å². The van der Waals surface area contributed by atoms with E-state index in [1.54, 1.807) is 23.5 Å². The molecule has 0 spiro atoms. The van der Waals surface area contributed by atoms with Crippen molar-refractivity contribution in [2.24, 2.45) is 0 Å². The number of hydrogen-bond acceptors (Lipinski definition) is 4. The molecule has 0 radical (unpaired) electrons. The Bertz CT molecular complexity index is 586. The van der Waals surface area contributed by atoms with Gasteiger partial charge in [0.2, 0.25) is 0 Å². The van der Waals surface area contributed by atoms with Crippen LogP contribution in [0.4, 0.5) is 8.78 Å². The fraction of sp³-hybridized carbons (Fsp3) is 0.375. The Hall–Kier alpha value is -1.50. The molecule has 0 aliphatic carbocycles. The maximum atomic E-state index is 12.1. The highest BCUT2D eigenvalue weighted by atomic mass is 32.1. The summed E-state index contributed by atoms with van der Waals surface area (Å²) in [6, 6.07) is 10.3. The van der Waals surface area contributed by atoms with E-state index in [4.69, 9.17) is 0 Å². The molecule has 1 heterocycles. The third kappa shape index (κ3) is 4.76. The van der Waals surface area contributed by atoms with E-state index in [-0.39, 0.29) is 11.8 Å². The number of thiophene rings is 1. The van der Waals surface area contributed by atoms with Gasteiger partial charge in [0, 0.05) is 22.3 Å². The molecule has 0 saturated heterocycles. The van der Waals surface area contributed by atoms with E-state index < -0.39 is 12.7 Å².